The van der Waals surface area contributed by atoms with Crippen molar-refractivity contribution in [1.29, 1.82) is 0 Å². The van der Waals surface area contributed by atoms with Crippen molar-refractivity contribution >= 4 is 26.8 Å². The molecule has 1 fully saturated rings. The minimum Gasteiger partial charge on any atom is -0.396 e. The maximum absolute atomic E-state index is 9.29. The number of rotatable bonds is 5. The minimum absolute atomic E-state index is 0.233. The monoisotopic (exact) mass is 337 g/mol. The summed E-state index contributed by atoms with van der Waals surface area (Å²) in [5, 5.41) is 10.6. The van der Waals surface area contributed by atoms with E-state index in [2.05, 4.69) is 51.8 Å². The Balaban J connectivity index is 1.97. The van der Waals surface area contributed by atoms with Gasteiger partial charge in [0.05, 0.1) is 13.2 Å². The van der Waals surface area contributed by atoms with E-state index in [4.69, 9.17) is 4.74 Å². The smallest absolute Gasteiger partial charge is 0.0533 e. The fourth-order valence-electron chi connectivity index (χ4n) is 2.76. The van der Waals surface area contributed by atoms with Gasteiger partial charge in [-0.3, -0.25) is 0 Å². The average molecular weight is 338 g/mol. The van der Waals surface area contributed by atoms with Crippen LogP contribution in [0.4, 0.5) is 0 Å². The topological polar surface area (TPSA) is 34.4 Å². The summed E-state index contributed by atoms with van der Waals surface area (Å²) in [5.41, 5.74) is 2.60. The second-order valence-electron chi connectivity index (χ2n) is 5.86. The minimum atomic E-state index is 0.233. The Morgan fingerprint density at radius 1 is 1.45 bits per heavy atom. The lowest BCUT2D eigenvalue weighted by Crippen LogP contribution is -2.31. The Kier molecular flexibility index (Phi) is 4.15. The van der Waals surface area contributed by atoms with Crippen LogP contribution in [-0.2, 0) is 17.7 Å². The number of fused-ring (bicyclic) bond motifs is 1. The van der Waals surface area contributed by atoms with Gasteiger partial charge in [0.25, 0.3) is 0 Å². The third-order valence-electron chi connectivity index (χ3n) is 3.97. The maximum Gasteiger partial charge on any atom is 0.0533 e. The number of nitrogens with zero attached hydrogens (tertiary/aromatic N) is 1. The zero-order valence-corrected chi connectivity index (χ0v) is 13.3. The summed E-state index contributed by atoms with van der Waals surface area (Å²) < 4.78 is 8.72. The molecule has 1 N–H and O–H groups in total. The van der Waals surface area contributed by atoms with Crippen molar-refractivity contribution < 1.29 is 9.84 Å². The van der Waals surface area contributed by atoms with E-state index in [9.17, 15) is 5.11 Å². The Bertz CT molecular complexity index is 604. The highest BCUT2D eigenvalue weighted by atomic mass is 79.9. The van der Waals surface area contributed by atoms with Crippen molar-refractivity contribution in [3.8, 4) is 0 Å². The molecule has 1 aliphatic heterocycles. The van der Waals surface area contributed by atoms with Crippen molar-refractivity contribution in [2.45, 2.75) is 19.9 Å². The molecule has 3 rings (SSSR count). The third-order valence-corrected chi connectivity index (χ3v) is 4.46. The van der Waals surface area contributed by atoms with Crippen LogP contribution in [0.3, 0.4) is 0 Å². The quantitative estimate of drug-likeness (QED) is 0.908. The molecule has 1 atom stereocenters. The zero-order valence-electron chi connectivity index (χ0n) is 11.7. The van der Waals surface area contributed by atoms with Crippen LogP contribution in [0.15, 0.2) is 28.9 Å². The molecule has 3 nitrogen and oxygen atoms in total. The lowest BCUT2D eigenvalue weighted by atomic mass is 10.0. The number of benzene rings is 1. The molecule has 0 spiro atoms. The van der Waals surface area contributed by atoms with Crippen LogP contribution in [-0.4, -0.2) is 29.5 Å². The molecule has 1 unspecified atom stereocenters. The first-order valence-corrected chi connectivity index (χ1v) is 7.92. The van der Waals surface area contributed by atoms with Crippen LogP contribution >= 0.6 is 15.9 Å². The van der Waals surface area contributed by atoms with E-state index >= 15 is 0 Å². The number of aromatic nitrogens is 1. The molecule has 0 saturated carbocycles. The summed E-state index contributed by atoms with van der Waals surface area (Å²) in [7, 11) is 0. The predicted octanol–water partition coefficient (Wildman–Crippen LogP) is 3.22. The summed E-state index contributed by atoms with van der Waals surface area (Å²) in [6.07, 6.45) is 3.17. The molecular weight excluding hydrogens is 318 g/mol. The molecule has 2 aromatic rings. The highest BCUT2D eigenvalue weighted by Crippen LogP contribution is 2.28. The van der Waals surface area contributed by atoms with E-state index in [1.807, 2.05) is 0 Å². The van der Waals surface area contributed by atoms with Crippen molar-refractivity contribution in [3.05, 3.63) is 34.4 Å². The van der Waals surface area contributed by atoms with Gasteiger partial charge in [0.15, 0.2) is 0 Å². The molecule has 0 aliphatic carbocycles. The first-order valence-electron chi connectivity index (χ1n) is 7.13. The first-order chi connectivity index (χ1) is 9.67. The summed E-state index contributed by atoms with van der Waals surface area (Å²) >= 11 is 3.56. The molecule has 1 aromatic heterocycles. The van der Waals surface area contributed by atoms with Gasteiger partial charge in [-0.2, -0.15) is 0 Å². The molecule has 1 aliphatic rings. The Morgan fingerprint density at radius 3 is 2.90 bits per heavy atom. The van der Waals surface area contributed by atoms with Gasteiger partial charge in [0.1, 0.15) is 0 Å². The molecule has 108 valence electrons. The second kappa shape index (κ2) is 5.88. The first kappa shape index (κ1) is 14.1. The van der Waals surface area contributed by atoms with Gasteiger partial charge in [-0.25, -0.2) is 0 Å². The Labute approximate surface area is 127 Å². The number of hydrogen-bond acceptors (Lipinski definition) is 2. The summed E-state index contributed by atoms with van der Waals surface area (Å²) in [6, 6.07) is 6.45. The second-order valence-corrected chi connectivity index (χ2v) is 6.78. The van der Waals surface area contributed by atoms with Crippen molar-refractivity contribution in [2.75, 3.05) is 19.8 Å². The van der Waals surface area contributed by atoms with Crippen LogP contribution in [0, 0.1) is 11.8 Å². The van der Waals surface area contributed by atoms with E-state index < -0.39 is 0 Å². The highest BCUT2D eigenvalue weighted by molar-refractivity contribution is 9.10. The van der Waals surface area contributed by atoms with E-state index in [1.54, 1.807) is 0 Å². The lowest BCUT2D eigenvalue weighted by molar-refractivity contribution is -0.0389. The van der Waals surface area contributed by atoms with Gasteiger partial charge in [-0.05, 0) is 36.1 Å². The van der Waals surface area contributed by atoms with Crippen molar-refractivity contribution in [2.24, 2.45) is 11.8 Å². The fraction of sp³-hybridized carbons (Fsp3) is 0.500. The fourth-order valence-corrected chi connectivity index (χ4v) is 3.13. The molecule has 0 bridgehead atoms. The predicted molar refractivity (Wildman–Crippen MR) is 83.9 cm³/mol. The summed E-state index contributed by atoms with van der Waals surface area (Å²) in [4.78, 5) is 0. The number of aliphatic hydroxyl groups is 1. The Morgan fingerprint density at radius 2 is 2.25 bits per heavy atom. The number of hydrogen-bond donors (Lipinski definition) is 1. The van der Waals surface area contributed by atoms with Crippen LogP contribution in [0.25, 0.3) is 10.9 Å². The number of aliphatic hydroxyl groups excluding tert-OH is 1. The van der Waals surface area contributed by atoms with Crippen LogP contribution < -0.4 is 0 Å². The van der Waals surface area contributed by atoms with E-state index in [0.29, 0.717) is 11.8 Å². The SMILES string of the molecule is CC(CO)Cc1cn(CC2COC2)c2ccc(Br)cc12. The maximum atomic E-state index is 9.29. The number of halogens is 1. The molecule has 2 heterocycles. The van der Waals surface area contributed by atoms with E-state index in [-0.39, 0.29) is 6.61 Å². The van der Waals surface area contributed by atoms with Crippen LogP contribution in [0.5, 0.6) is 0 Å². The van der Waals surface area contributed by atoms with Gasteiger partial charge in [-0.15, -0.1) is 0 Å². The van der Waals surface area contributed by atoms with Gasteiger partial charge in [0, 0.05) is 40.6 Å². The molecule has 4 heteroatoms. The van der Waals surface area contributed by atoms with E-state index in [0.717, 1.165) is 30.7 Å². The largest absolute Gasteiger partial charge is 0.396 e. The van der Waals surface area contributed by atoms with Gasteiger partial charge < -0.3 is 14.4 Å². The zero-order chi connectivity index (χ0) is 14.1. The highest BCUT2D eigenvalue weighted by Gasteiger charge is 2.20. The Hall–Kier alpha value is -0.840. The van der Waals surface area contributed by atoms with Crippen molar-refractivity contribution in [3.63, 3.8) is 0 Å². The van der Waals surface area contributed by atoms with Crippen molar-refractivity contribution in [1.82, 2.24) is 4.57 Å². The van der Waals surface area contributed by atoms with Gasteiger partial charge in [0.2, 0.25) is 0 Å². The van der Waals surface area contributed by atoms with Gasteiger partial charge >= 0.3 is 0 Å². The summed E-state index contributed by atoms with van der Waals surface area (Å²) in [6.45, 7) is 5.08. The van der Waals surface area contributed by atoms with E-state index in [1.165, 1.54) is 16.5 Å². The van der Waals surface area contributed by atoms with Crippen LogP contribution in [0.1, 0.15) is 12.5 Å². The lowest BCUT2D eigenvalue weighted by Gasteiger charge is -2.26. The van der Waals surface area contributed by atoms with Gasteiger partial charge in [-0.1, -0.05) is 22.9 Å². The molecular formula is C16H20BrNO2. The molecule has 0 radical (unpaired) electrons. The van der Waals surface area contributed by atoms with Crippen LogP contribution in [0.2, 0.25) is 0 Å². The summed E-state index contributed by atoms with van der Waals surface area (Å²) in [5.74, 6) is 0.928. The molecule has 1 saturated heterocycles. The molecule has 20 heavy (non-hydrogen) atoms. The third kappa shape index (κ3) is 2.78. The molecule has 1 aromatic carbocycles. The normalized spacial score (nSPS) is 17.4. The average Bonchev–Trinajstić information content (AvgIpc) is 2.71. The standard InChI is InChI=1S/C16H20BrNO2/c1-11(8-19)4-13-7-18(6-12-9-20-10-12)16-3-2-14(17)5-15(13)16/h2-3,5,7,11-12,19H,4,6,8-10H2,1H3. The molecule has 0 amide bonds. The number of ether oxygens (including phenoxy) is 1.